The first-order valence-electron chi connectivity index (χ1n) is 5.08. The number of hydrogen-bond acceptors (Lipinski definition) is 2. The van der Waals surface area contributed by atoms with Crippen LogP contribution in [-0.2, 0) is 0 Å². The van der Waals surface area contributed by atoms with Gasteiger partial charge >= 0.3 is 0 Å². The van der Waals surface area contributed by atoms with Crippen LogP contribution in [0.25, 0.3) is 0 Å². The largest absolute Gasteiger partial charge is 0.456 e. The predicted octanol–water partition coefficient (Wildman–Crippen LogP) is 5.61. The van der Waals surface area contributed by atoms with Gasteiger partial charge in [0.05, 0.1) is 9.50 Å². The molecule has 98 valence electrons. The predicted molar refractivity (Wildman–Crippen MR) is 78.7 cm³/mol. The van der Waals surface area contributed by atoms with Crippen molar-refractivity contribution in [2.75, 3.05) is 0 Å². The molecule has 0 bridgehead atoms. The van der Waals surface area contributed by atoms with Gasteiger partial charge in [0, 0.05) is 16.1 Å². The van der Waals surface area contributed by atoms with Gasteiger partial charge in [-0.15, -0.1) is 0 Å². The molecule has 0 amide bonds. The van der Waals surface area contributed by atoms with E-state index in [0.29, 0.717) is 26.0 Å². The SMILES string of the molecule is O=Cc1ccc(Oc2cc(F)c(Cl)cc2Br)cc1Br. The summed E-state index contributed by atoms with van der Waals surface area (Å²) >= 11 is 12.1. The fourth-order valence-electron chi connectivity index (χ4n) is 1.38. The van der Waals surface area contributed by atoms with Gasteiger partial charge in [-0.05, 0) is 56.1 Å². The highest BCUT2D eigenvalue weighted by Crippen LogP contribution is 2.34. The van der Waals surface area contributed by atoms with Crippen LogP contribution in [-0.4, -0.2) is 6.29 Å². The van der Waals surface area contributed by atoms with Crippen molar-refractivity contribution < 1.29 is 13.9 Å². The maximum absolute atomic E-state index is 13.4. The Hall–Kier alpha value is -0.910. The summed E-state index contributed by atoms with van der Waals surface area (Å²) < 4.78 is 20.0. The summed E-state index contributed by atoms with van der Waals surface area (Å²) in [7, 11) is 0. The molecule has 0 aliphatic heterocycles. The van der Waals surface area contributed by atoms with E-state index in [0.717, 1.165) is 6.29 Å². The van der Waals surface area contributed by atoms with Crippen molar-refractivity contribution in [3.63, 3.8) is 0 Å². The van der Waals surface area contributed by atoms with Crippen LogP contribution in [0.3, 0.4) is 0 Å². The summed E-state index contributed by atoms with van der Waals surface area (Å²) in [6.07, 6.45) is 0.728. The highest BCUT2D eigenvalue weighted by molar-refractivity contribution is 9.10. The fraction of sp³-hybridized carbons (Fsp3) is 0. The van der Waals surface area contributed by atoms with Gasteiger partial charge in [-0.3, -0.25) is 4.79 Å². The van der Waals surface area contributed by atoms with Gasteiger partial charge in [-0.1, -0.05) is 11.6 Å². The lowest BCUT2D eigenvalue weighted by molar-refractivity contribution is 0.112. The van der Waals surface area contributed by atoms with E-state index in [-0.39, 0.29) is 5.02 Å². The number of ether oxygens (including phenoxy) is 1. The van der Waals surface area contributed by atoms with Crippen molar-refractivity contribution in [3.05, 3.63) is 55.7 Å². The second kappa shape index (κ2) is 6.03. The van der Waals surface area contributed by atoms with Crippen molar-refractivity contribution in [2.24, 2.45) is 0 Å². The highest BCUT2D eigenvalue weighted by Gasteiger charge is 2.10. The van der Waals surface area contributed by atoms with E-state index in [9.17, 15) is 9.18 Å². The van der Waals surface area contributed by atoms with Crippen LogP contribution >= 0.6 is 43.5 Å². The Bertz CT molecular complexity index is 647. The average Bonchev–Trinajstić information content (AvgIpc) is 2.36. The molecule has 2 aromatic rings. The Morgan fingerprint density at radius 2 is 1.89 bits per heavy atom. The van der Waals surface area contributed by atoms with Gasteiger partial charge in [0.1, 0.15) is 17.3 Å². The summed E-state index contributed by atoms with van der Waals surface area (Å²) in [4.78, 5) is 10.7. The fourth-order valence-corrected chi connectivity index (χ4v) is 2.55. The smallest absolute Gasteiger partial charge is 0.151 e. The molecule has 0 fully saturated rings. The Labute approximate surface area is 130 Å². The summed E-state index contributed by atoms with van der Waals surface area (Å²) in [5, 5.41) is 0.0108. The van der Waals surface area contributed by atoms with Crippen LogP contribution in [0.4, 0.5) is 4.39 Å². The Morgan fingerprint density at radius 1 is 1.16 bits per heavy atom. The topological polar surface area (TPSA) is 26.3 Å². The van der Waals surface area contributed by atoms with Crippen LogP contribution in [0.15, 0.2) is 39.3 Å². The summed E-state index contributed by atoms with van der Waals surface area (Å²) in [6.45, 7) is 0. The minimum absolute atomic E-state index is 0.0108. The van der Waals surface area contributed by atoms with Gasteiger partial charge in [0.25, 0.3) is 0 Å². The van der Waals surface area contributed by atoms with Crippen LogP contribution in [0, 0.1) is 5.82 Å². The number of aldehydes is 1. The maximum Gasteiger partial charge on any atom is 0.151 e. The quantitative estimate of drug-likeness (QED) is 0.488. The van der Waals surface area contributed by atoms with Gasteiger partial charge in [-0.2, -0.15) is 0 Å². The number of halogens is 4. The van der Waals surface area contributed by atoms with E-state index in [2.05, 4.69) is 31.9 Å². The Morgan fingerprint density at radius 3 is 2.53 bits per heavy atom. The molecule has 0 saturated carbocycles. The van der Waals surface area contributed by atoms with Gasteiger partial charge in [0.2, 0.25) is 0 Å². The second-order valence-corrected chi connectivity index (χ2v) is 5.72. The van der Waals surface area contributed by atoms with E-state index in [1.807, 2.05) is 0 Å². The van der Waals surface area contributed by atoms with Crippen molar-refractivity contribution >= 4 is 49.7 Å². The highest BCUT2D eigenvalue weighted by atomic mass is 79.9. The van der Waals surface area contributed by atoms with Crippen LogP contribution in [0.5, 0.6) is 11.5 Å². The van der Waals surface area contributed by atoms with Crippen LogP contribution < -0.4 is 4.74 Å². The van der Waals surface area contributed by atoms with Gasteiger partial charge in [0.15, 0.2) is 6.29 Å². The average molecular weight is 408 g/mol. The van der Waals surface area contributed by atoms with Crippen molar-refractivity contribution in [1.82, 2.24) is 0 Å². The molecular weight excluding hydrogens is 402 g/mol. The molecule has 0 N–H and O–H groups in total. The summed E-state index contributed by atoms with van der Waals surface area (Å²) in [5.74, 6) is 0.205. The van der Waals surface area contributed by atoms with E-state index < -0.39 is 5.82 Å². The third kappa shape index (κ3) is 3.35. The number of hydrogen-bond donors (Lipinski definition) is 0. The number of carbonyl (C=O) groups excluding carboxylic acids is 1. The Balaban J connectivity index is 2.33. The standard InChI is InChI=1S/C13H6Br2ClFO2/c14-9-3-8(2-1-7(9)6-18)19-13-5-12(17)11(16)4-10(13)15/h1-6H. The van der Waals surface area contributed by atoms with Crippen LogP contribution in [0.2, 0.25) is 5.02 Å². The summed E-state index contributed by atoms with van der Waals surface area (Å²) in [6, 6.07) is 7.46. The lowest BCUT2D eigenvalue weighted by atomic mass is 10.2. The maximum atomic E-state index is 13.4. The van der Waals surface area contributed by atoms with Crippen molar-refractivity contribution in [2.45, 2.75) is 0 Å². The molecule has 0 aliphatic rings. The summed E-state index contributed by atoms with van der Waals surface area (Å²) in [5.41, 5.74) is 0.508. The molecule has 0 aliphatic carbocycles. The number of rotatable bonds is 3. The lowest BCUT2D eigenvalue weighted by Crippen LogP contribution is -1.90. The van der Waals surface area contributed by atoms with Gasteiger partial charge in [-0.25, -0.2) is 4.39 Å². The third-order valence-electron chi connectivity index (χ3n) is 2.30. The molecule has 6 heteroatoms. The van der Waals surface area contributed by atoms with Crippen molar-refractivity contribution in [1.29, 1.82) is 0 Å². The first-order chi connectivity index (χ1) is 9.01. The minimum Gasteiger partial charge on any atom is -0.456 e. The third-order valence-corrected chi connectivity index (χ3v) is 3.90. The second-order valence-electron chi connectivity index (χ2n) is 3.60. The van der Waals surface area contributed by atoms with E-state index in [1.54, 1.807) is 18.2 Å². The molecule has 0 atom stereocenters. The monoisotopic (exact) mass is 406 g/mol. The van der Waals surface area contributed by atoms with Gasteiger partial charge < -0.3 is 4.74 Å². The molecule has 2 rings (SSSR count). The molecule has 2 nitrogen and oxygen atoms in total. The van der Waals surface area contributed by atoms with E-state index >= 15 is 0 Å². The first kappa shape index (κ1) is 14.5. The first-order valence-corrected chi connectivity index (χ1v) is 7.05. The minimum atomic E-state index is -0.566. The molecule has 19 heavy (non-hydrogen) atoms. The number of carbonyl (C=O) groups is 1. The van der Waals surface area contributed by atoms with Crippen LogP contribution in [0.1, 0.15) is 10.4 Å². The zero-order valence-corrected chi connectivity index (χ0v) is 13.2. The Kier molecular flexibility index (Phi) is 4.60. The lowest BCUT2D eigenvalue weighted by Gasteiger charge is -2.09. The molecule has 0 unspecified atom stereocenters. The zero-order chi connectivity index (χ0) is 14.0. The molecule has 2 aromatic carbocycles. The van der Waals surface area contributed by atoms with Crippen molar-refractivity contribution in [3.8, 4) is 11.5 Å². The van der Waals surface area contributed by atoms with E-state index in [4.69, 9.17) is 16.3 Å². The number of benzene rings is 2. The molecule has 0 heterocycles. The molecular formula is C13H6Br2ClFO2. The molecule has 0 spiro atoms. The molecule has 0 saturated heterocycles. The zero-order valence-electron chi connectivity index (χ0n) is 9.29. The normalized spacial score (nSPS) is 10.3. The molecule has 0 radical (unpaired) electrons. The van der Waals surface area contributed by atoms with E-state index in [1.165, 1.54) is 12.1 Å². The molecule has 0 aromatic heterocycles.